The summed E-state index contributed by atoms with van der Waals surface area (Å²) in [6.07, 6.45) is 3.60. The molecule has 0 aliphatic heterocycles. The van der Waals surface area contributed by atoms with Gasteiger partial charge in [-0.15, -0.1) is 0 Å². The molecule has 0 saturated carbocycles. The van der Waals surface area contributed by atoms with Crippen molar-refractivity contribution in [3.8, 4) is 0 Å². The number of hydrogen-bond acceptors (Lipinski definition) is 5. The third-order valence-corrected chi connectivity index (χ3v) is 2.92. The molecule has 1 heterocycles. The first-order chi connectivity index (χ1) is 10.6. The van der Waals surface area contributed by atoms with Crippen molar-refractivity contribution in [1.82, 2.24) is 10.2 Å². The molecule has 7 nitrogen and oxygen atoms in total. The van der Waals surface area contributed by atoms with Gasteiger partial charge in [0.25, 0.3) is 5.56 Å². The van der Waals surface area contributed by atoms with Crippen molar-refractivity contribution in [1.29, 1.82) is 0 Å². The van der Waals surface area contributed by atoms with Gasteiger partial charge in [0.15, 0.2) is 0 Å². The Labute approximate surface area is 130 Å². The minimum absolute atomic E-state index is 0.0895. The molecule has 0 fully saturated rings. The molecular formula is C14H11ClN4O3. The molecule has 0 spiro atoms. The van der Waals surface area contributed by atoms with Gasteiger partial charge in [0.2, 0.25) is 0 Å². The summed E-state index contributed by atoms with van der Waals surface area (Å²) in [6.45, 7) is 0. The first-order valence-electron chi connectivity index (χ1n) is 6.11. The Balaban J connectivity index is 2.34. The van der Waals surface area contributed by atoms with Crippen molar-refractivity contribution in [2.45, 2.75) is 0 Å². The van der Waals surface area contributed by atoms with E-state index in [0.29, 0.717) is 11.3 Å². The van der Waals surface area contributed by atoms with Crippen molar-refractivity contribution in [3.63, 3.8) is 0 Å². The summed E-state index contributed by atoms with van der Waals surface area (Å²) in [5.41, 5.74) is 3.32. The molecule has 8 heteroatoms. The summed E-state index contributed by atoms with van der Waals surface area (Å²) >= 11 is 5.82. The van der Waals surface area contributed by atoms with Gasteiger partial charge in [0.05, 0.1) is 11.9 Å². The maximum absolute atomic E-state index is 11.3. The maximum Gasteiger partial charge on any atom is 0.328 e. The van der Waals surface area contributed by atoms with E-state index in [0.717, 1.165) is 6.08 Å². The summed E-state index contributed by atoms with van der Waals surface area (Å²) in [5.74, 6) is -1.10. The number of nitrogens with zero attached hydrogens (tertiary/aromatic N) is 2. The first-order valence-corrected chi connectivity index (χ1v) is 6.49. The van der Waals surface area contributed by atoms with E-state index in [1.165, 1.54) is 12.3 Å². The molecule has 1 aromatic carbocycles. The molecular weight excluding hydrogens is 308 g/mol. The van der Waals surface area contributed by atoms with Crippen LogP contribution in [0.1, 0.15) is 5.56 Å². The summed E-state index contributed by atoms with van der Waals surface area (Å²) in [7, 11) is 0. The van der Waals surface area contributed by atoms with E-state index in [2.05, 4.69) is 20.7 Å². The zero-order valence-electron chi connectivity index (χ0n) is 11.2. The van der Waals surface area contributed by atoms with Crippen LogP contribution in [-0.4, -0.2) is 27.0 Å². The molecule has 0 bridgehead atoms. The van der Waals surface area contributed by atoms with Gasteiger partial charge in [0, 0.05) is 11.6 Å². The predicted octanol–water partition coefficient (Wildman–Crippen LogP) is 1.88. The topological polar surface area (TPSA) is 107 Å². The van der Waals surface area contributed by atoms with Crippen molar-refractivity contribution >= 4 is 29.0 Å². The Morgan fingerprint density at radius 3 is 2.73 bits per heavy atom. The number of halogens is 1. The Morgan fingerprint density at radius 2 is 2.05 bits per heavy atom. The van der Waals surface area contributed by atoms with E-state index in [-0.39, 0.29) is 10.7 Å². The highest BCUT2D eigenvalue weighted by atomic mass is 35.5. The van der Waals surface area contributed by atoms with E-state index in [9.17, 15) is 9.59 Å². The molecule has 2 aromatic rings. The van der Waals surface area contributed by atoms with Gasteiger partial charge in [-0.2, -0.15) is 10.2 Å². The Hall–Kier alpha value is -2.93. The summed E-state index contributed by atoms with van der Waals surface area (Å²) in [4.78, 5) is 22.0. The normalized spacial score (nSPS) is 11.6. The summed E-state index contributed by atoms with van der Waals surface area (Å²) < 4.78 is 0. The second-order valence-electron chi connectivity index (χ2n) is 4.07. The first kappa shape index (κ1) is 15.5. The molecule has 22 heavy (non-hydrogen) atoms. The molecule has 2 rings (SSSR count). The number of carboxylic acid groups (broad SMARTS) is 1. The van der Waals surface area contributed by atoms with Crippen molar-refractivity contribution in [2.75, 3.05) is 5.43 Å². The fourth-order valence-electron chi connectivity index (χ4n) is 1.54. The minimum Gasteiger partial charge on any atom is -0.478 e. The Bertz CT molecular complexity index is 784. The quantitative estimate of drug-likeness (QED) is 0.443. The van der Waals surface area contributed by atoms with Gasteiger partial charge in [-0.05, 0) is 6.08 Å². The molecule has 0 aliphatic rings. The van der Waals surface area contributed by atoms with Crippen LogP contribution in [-0.2, 0) is 4.79 Å². The lowest BCUT2D eigenvalue weighted by Gasteiger charge is -2.04. The van der Waals surface area contributed by atoms with Crippen molar-refractivity contribution in [3.05, 3.63) is 69.6 Å². The molecule has 0 unspecified atom stereocenters. The number of carbonyl (C=O) groups is 1. The molecule has 3 N–H and O–H groups in total. The standard InChI is InChI=1S/C14H11ClN4O3/c15-13-11(8-16-19-14(13)22)18-17-10(6-7-12(20)21)9-4-2-1-3-5-9/h1-8H,(H,20,21)(H2,18,19,22)/b7-6+,17-10+. The van der Waals surface area contributed by atoms with E-state index in [1.54, 1.807) is 24.3 Å². The molecule has 0 amide bonds. The fourth-order valence-corrected chi connectivity index (χ4v) is 1.67. The molecule has 0 atom stereocenters. The zero-order valence-corrected chi connectivity index (χ0v) is 11.9. The number of aliphatic carboxylic acids is 1. The van der Waals surface area contributed by atoms with Gasteiger partial charge in [-0.3, -0.25) is 10.2 Å². The van der Waals surface area contributed by atoms with Gasteiger partial charge in [-0.25, -0.2) is 9.89 Å². The number of H-pyrrole nitrogens is 1. The van der Waals surface area contributed by atoms with Crippen LogP contribution in [0.5, 0.6) is 0 Å². The Kier molecular flexibility index (Phi) is 5.05. The van der Waals surface area contributed by atoms with Crippen LogP contribution in [0.25, 0.3) is 0 Å². The average Bonchev–Trinajstić information content (AvgIpc) is 2.52. The molecule has 1 aromatic heterocycles. The lowest BCUT2D eigenvalue weighted by molar-refractivity contribution is -0.131. The minimum atomic E-state index is -1.10. The van der Waals surface area contributed by atoms with E-state index in [1.807, 2.05) is 6.07 Å². The molecule has 0 saturated heterocycles. The van der Waals surface area contributed by atoms with Gasteiger partial charge >= 0.3 is 5.97 Å². The van der Waals surface area contributed by atoms with Crippen LogP contribution in [0.2, 0.25) is 5.02 Å². The third-order valence-electron chi connectivity index (χ3n) is 2.55. The van der Waals surface area contributed by atoms with Crippen LogP contribution in [0.15, 0.2) is 58.6 Å². The molecule has 112 valence electrons. The zero-order chi connectivity index (χ0) is 15.9. The number of hydrazone groups is 1. The van der Waals surface area contributed by atoms with Crippen molar-refractivity contribution in [2.24, 2.45) is 5.10 Å². The Morgan fingerprint density at radius 1 is 1.32 bits per heavy atom. The predicted molar refractivity (Wildman–Crippen MR) is 83.2 cm³/mol. The monoisotopic (exact) mass is 318 g/mol. The highest BCUT2D eigenvalue weighted by molar-refractivity contribution is 6.32. The third kappa shape index (κ3) is 4.03. The highest BCUT2D eigenvalue weighted by Gasteiger charge is 2.05. The lowest BCUT2D eigenvalue weighted by atomic mass is 10.1. The van der Waals surface area contributed by atoms with Crippen LogP contribution >= 0.6 is 11.6 Å². The smallest absolute Gasteiger partial charge is 0.328 e. The number of nitrogens with one attached hydrogen (secondary N) is 2. The van der Waals surface area contributed by atoms with Gasteiger partial charge < -0.3 is 5.11 Å². The van der Waals surface area contributed by atoms with Gasteiger partial charge in [0.1, 0.15) is 10.7 Å². The lowest BCUT2D eigenvalue weighted by Crippen LogP contribution is -2.11. The van der Waals surface area contributed by atoms with Gasteiger partial charge in [-0.1, -0.05) is 41.9 Å². The van der Waals surface area contributed by atoms with Crippen LogP contribution < -0.4 is 11.0 Å². The number of allylic oxidation sites excluding steroid dienone is 1. The number of aromatic nitrogens is 2. The maximum atomic E-state index is 11.3. The van der Waals surface area contributed by atoms with Crippen LogP contribution in [0.4, 0.5) is 5.69 Å². The highest BCUT2D eigenvalue weighted by Crippen LogP contribution is 2.14. The van der Waals surface area contributed by atoms with E-state index in [4.69, 9.17) is 16.7 Å². The number of hydrogen-bond donors (Lipinski definition) is 3. The van der Waals surface area contributed by atoms with Crippen molar-refractivity contribution < 1.29 is 9.90 Å². The fraction of sp³-hybridized carbons (Fsp3) is 0. The number of aromatic amines is 1. The number of carboxylic acids is 1. The number of benzene rings is 1. The second-order valence-corrected chi connectivity index (χ2v) is 4.45. The summed E-state index contributed by atoms with van der Waals surface area (Å²) in [6, 6.07) is 8.95. The van der Waals surface area contributed by atoms with Crippen LogP contribution in [0, 0.1) is 0 Å². The largest absolute Gasteiger partial charge is 0.478 e. The average molecular weight is 319 g/mol. The van der Waals surface area contributed by atoms with E-state index >= 15 is 0 Å². The number of anilines is 1. The molecule has 0 radical (unpaired) electrons. The van der Waals surface area contributed by atoms with Crippen LogP contribution in [0.3, 0.4) is 0 Å². The summed E-state index contributed by atoms with van der Waals surface area (Å²) in [5, 5.41) is 18.5. The molecule has 0 aliphatic carbocycles. The number of rotatable bonds is 5. The van der Waals surface area contributed by atoms with E-state index < -0.39 is 11.5 Å². The second kappa shape index (κ2) is 7.19. The SMILES string of the molecule is O=C(O)/C=C/C(=N\Nc1cn[nH]c(=O)c1Cl)c1ccccc1.